The maximum Gasteiger partial charge on any atom is -0.0183 e. The van der Waals surface area contributed by atoms with Crippen LogP contribution in [0.25, 0.3) is 6.08 Å². The molecule has 0 unspecified atom stereocenters. The van der Waals surface area contributed by atoms with E-state index in [1.807, 2.05) is 11.1 Å². The van der Waals surface area contributed by atoms with E-state index < -0.39 is 0 Å². The summed E-state index contributed by atoms with van der Waals surface area (Å²) < 4.78 is 0. The monoisotopic (exact) mass is 196 g/mol. The van der Waals surface area contributed by atoms with Gasteiger partial charge < -0.3 is 0 Å². The van der Waals surface area contributed by atoms with Crippen molar-refractivity contribution in [2.24, 2.45) is 0 Å². The summed E-state index contributed by atoms with van der Waals surface area (Å²) >= 11 is 3.22. The molecule has 0 amide bonds. The number of benzene rings is 1. The first-order valence-corrected chi connectivity index (χ1v) is 4.08. The molecular weight excluding hydrogens is 188 g/mol. The Hall–Kier alpha value is -0.560. The highest BCUT2D eigenvalue weighted by molar-refractivity contribution is 9.11. The van der Waals surface area contributed by atoms with Crippen LogP contribution in [0.1, 0.15) is 11.1 Å². The molecule has 0 saturated heterocycles. The van der Waals surface area contributed by atoms with Crippen molar-refractivity contribution in [3.63, 3.8) is 0 Å². The van der Waals surface area contributed by atoms with Crippen LogP contribution in [-0.4, -0.2) is 0 Å². The van der Waals surface area contributed by atoms with Crippen molar-refractivity contribution in [1.29, 1.82) is 0 Å². The minimum atomic E-state index is 1.22. The first-order valence-electron chi connectivity index (χ1n) is 3.16. The molecule has 0 aromatic heterocycles. The number of hydrogen-bond acceptors (Lipinski definition) is 0. The fourth-order valence-electron chi connectivity index (χ4n) is 0.750. The zero-order chi connectivity index (χ0) is 7.40. The highest BCUT2D eigenvalue weighted by Crippen LogP contribution is 2.05. The van der Waals surface area contributed by atoms with E-state index in [-0.39, 0.29) is 0 Å². The van der Waals surface area contributed by atoms with Gasteiger partial charge in [0.05, 0.1) is 0 Å². The zero-order valence-corrected chi connectivity index (χ0v) is 7.43. The van der Waals surface area contributed by atoms with Crippen LogP contribution >= 0.6 is 15.9 Å². The fourth-order valence-corrected chi connectivity index (χ4v) is 1.06. The molecule has 0 fully saturated rings. The van der Waals surface area contributed by atoms with E-state index >= 15 is 0 Å². The summed E-state index contributed by atoms with van der Waals surface area (Å²) in [6.45, 7) is 2.08. The molecule has 0 atom stereocenters. The molecule has 0 aliphatic heterocycles. The maximum atomic E-state index is 3.22. The predicted molar refractivity (Wildman–Crippen MR) is 49.1 cm³/mol. The van der Waals surface area contributed by atoms with E-state index in [9.17, 15) is 0 Å². The Kier molecular flexibility index (Phi) is 2.69. The van der Waals surface area contributed by atoms with Gasteiger partial charge in [0.1, 0.15) is 0 Å². The molecule has 0 nitrogen and oxygen atoms in total. The van der Waals surface area contributed by atoms with Crippen molar-refractivity contribution >= 4 is 22.0 Å². The molecule has 1 rings (SSSR count). The first kappa shape index (κ1) is 7.55. The highest BCUT2D eigenvalue weighted by atomic mass is 79.9. The van der Waals surface area contributed by atoms with Gasteiger partial charge in [0, 0.05) is 0 Å². The lowest BCUT2D eigenvalue weighted by Crippen LogP contribution is -1.71. The molecule has 1 aromatic carbocycles. The van der Waals surface area contributed by atoms with Crippen LogP contribution in [0.15, 0.2) is 29.3 Å². The molecule has 52 valence electrons. The van der Waals surface area contributed by atoms with Gasteiger partial charge in [-0.2, -0.15) is 0 Å². The lowest BCUT2D eigenvalue weighted by molar-refractivity contribution is 1.46. The molecule has 1 heteroatoms. The van der Waals surface area contributed by atoms with Crippen LogP contribution in [0.3, 0.4) is 0 Å². The molecule has 0 spiro atoms. The van der Waals surface area contributed by atoms with Crippen molar-refractivity contribution < 1.29 is 0 Å². The Bertz CT molecular complexity index is 221. The molecule has 10 heavy (non-hydrogen) atoms. The molecular formula is C9H9Br. The Morgan fingerprint density at radius 1 is 1.20 bits per heavy atom. The van der Waals surface area contributed by atoms with Crippen molar-refractivity contribution in [2.75, 3.05) is 0 Å². The Morgan fingerprint density at radius 3 is 2.30 bits per heavy atom. The minimum Gasteiger partial charge on any atom is -0.0595 e. The molecule has 0 heterocycles. The second-order valence-electron chi connectivity index (χ2n) is 2.20. The number of halogens is 1. The molecule has 0 aliphatic carbocycles. The minimum absolute atomic E-state index is 1.22. The quantitative estimate of drug-likeness (QED) is 0.647. The van der Waals surface area contributed by atoms with Gasteiger partial charge in [-0.15, -0.1) is 0 Å². The summed E-state index contributed by atoms with van der Waals surface area (Å²) in [6, 6.07) is 8.38. The van der Waals surface area contributed by atoms with E-state index in [0.29, 0.717) is 0 Å². The predicted octanol–water partition coefficient (Wildman–Crippen LogP) is 3.36. The molecule has 0 aliphatic rings. The van der Waals surface area contributed by atoms with Crippen LogP contribution in [0.2, 0.25) is 0 Å². The smallest absolute Gasteiger partial charge is 0.0183 e. The summed E-state index contributed by atoms with van der Waals surface area (Å²) in [6.07, 6.45) is 2.01. The van der Waals surface area contributed by atoms with E-state index in [0.717, 1.165) is 0 Å². The van der Waals surface area contributed by atoms with Crippen LogP contribution in [0.5, 0.6) is 0 Å². The summed E-state index contributed by atoms with van der Waals surface area (Å²) in [5.41, 5.74) is 2.52. The van der Waals surface area contributed by atoms with Gasteiger partial charge >= 0.3 is 0 Å². The maximum absolute atomic E-state index is 3.22. The lowest BCUT2D eigenvalue weighted by Gasteiger charge is -1.92. The van der Waals surface area contributed by atoms with E-state index in [4.69, 9.17) is 0 Å². The van der Waals surface area contributed by atoms with Crippen molar-refractivity contribution in [2.45, 2.75) is 6.92 Å². The second kappa shape index (κ2) is 3.57. The topological polar surface area (TPSA) is 0 Å². The van der Waals surface area contributed by atoms with Crippen LogP contribution in [0.4, 0.5) is 0 Å². The lowest BCUT2D eigenvalue weighted by atomic mass is 10.2. The molecule has 0 bridgehead atoms. The summed E-state index contributed by atoms with van der Waals surface area (Å²) in [5, 5.41) is 0. The van der Waals surface area contributed by atoms with Crippen LogP contribution < -0.4 is 0 Å². The summed E-state index contributed by atoms with van der Waals surface area (Å²) in [5.74, 6) is 0. The van der Waals surface area contributed by atoms with E-state index in [1.54, 1.807) is 0 Å². The van der Waals surface area contributed by atoms with Gasteiger partial charge in [-0.1, -0.05) is 45.8 Å². The molecule has 1 aromatic rings. The largest absolute Gasteiger partial charge is 0.0595 e. The third kappa shape index (κ3) is 1.99. The van der Waals surface area contributed by atoms with E-state index in [2.05, 4.69) is 47.1 Å². The van der Waals surface area contributed by atoms with Gasteiger partial charge in [-0.25, -0.2) is 0 Å². The molecule has 0 saturated carbocycles. The van der Waals surface area contributed by atoms with Gasteiger partial charge in [-0.3, -0.25) is 0 Å². The Morgan fingerprint density at radius 2 is 1.80 bits per heavy atom. The normalized spacial score (nSPS) is 10.6. The summed E-state index contributed by atoms with van der Waals surface area (Å²) in [4.78, 5) is 1.86. The van der Waals surface area contributed by atoms with Crippen molar-refractivity contribution in [3.8, 4) is 0 Å². The van der Waals surface area contributed by atoms with Gasteiger partial charge in [-0.05, 0) is 23.5 Å². The third-order valence-electron chi connectivity index (χ3n) is 1.33. The molecule has 0 N–H and O–H groups in total. The van der Waals surface area contributed by atoms with Gasteiger partial charge in [0.25, 0.3) is 0 Å². The zero-order valence-electron chi connectivity index (χ0n) is 5.84. The third-order valence-corrected chi connectivity index (χ3v) is 1.60. The Balaban J connectivity index is 2.89. The van der Waals surface area contributed by atoms with Gasteiger partial charge in [0.2, 0.25) is 0 Å². The standard InChI is InChI=1S/C9H9Br/c1-8-2-4-9(5-3-8)6-7-10/h2-7H,1H3/b7-6-. The Labute approximate surface area is 69.7 Å². The second-order valence-corrected chi connectivity index (χ2v) is 2.73. The van der Waals surface area contributed by atoms with Crippen LogP contribution in [0, 0.1) is 6.92 Å². The highest BCUT2D eigenvalue weighted by Gasteiger charge is 1.83. The molecule has 0 radical (unpaired) electrons. The number of aryl methyl sites for hydroxylation is 1. The summed E-state index contributed by atoms with van der Waals surface area (Å²) in [7, 11) is 0. The van der Waals surface area contributed by atoms with Crippen LogP contribution in [-0.2, 0) is 0 Å². The average molecular weight is 197 g/mol. The van der Waals surface area contributed by atoms with Gasteiger partial charge in [0.15, 0.2) is 0 Å². The average Bonchev–Trinajstić information content (AvgIpc) is 1.95. The SMILES string of the molecule is Cc1ccc(/C=C\Br)cc1. The number of rotatable bonds is 1. The van der Waals surface area contributed by atoms with E-state index in [1.165, 1.54) is 11.1 Å². The number of hydrogen-bond donors (Lipinski definition) is 0. The first-order chi connectivity index (χ1) is 4.83. The van der Waals surface area contributed by atoms with Crippen molar-refractivity contribution in [3.05, 3.63) is 40.4 Å². The fraction of sp³-hybridized carbons (Fsp3) is 0.111. The van der Waals surface area contributed by atoms with Crippen molar-refractivity contribution in [1.82, 2.24) is 0 Å².